The molecular weight excluding hydrogens is 538 g/mol. The van der Waals surface area contributed by atoms with Crippen LogP contribution in [-0.4, -0.2) is 35.6 Å². The number of ether oxygens (including phenoxy) is 1. The van der Waals surface area contributed by atoms with Crippen LogP contribution >= 0.6 is 0 Å². The highest BCUT2D eigenvalue weighted by Gasteiger charge is 2.35. The number of nitrogens with zero attached hydrogens (tertiary/aromatic N) is 5. The first-order valence-electron chi connectivity index (χ1n) is 14.7. The van der Waals surface area contributed by atoms with Gasteiger partial charge in [-0.1, -0.05) is 61.4 Å². The second-order valence-corrected chi connectivity index (χ2v) is 11.1. The summed E-state index contributed by atoms with van der Waals surface area (Å²) < 4.78 is 8.34. The van der Waals surface area contributed by atoms with Crippen molar-refractivity contribution in [1.29, 1.82) is 0 Å². The van der Waals surface area contributed by atoms with Crippen molar-refractivity contribution in [1.82, 2.24) is 24.5 Å². The predicted octanol–water partition coefficient (Wildman–Crippen LogP) is 7.03. The molecule has 0 saturated heterocycles. The van der Waals surface area contributed by atoms with Gasteiger partial charge < -0.3 is 14.4 Å². The quantitative estimate of drug-likeness (QED) is 0.210. The first-order chi connectivity index (χ1) is 21.1. The summed E-state index contributed by atoms with van der Waals surface area (Å²) in [5.74, 6) is 0.858. The molecule has 8 nitrogen and oxygen atoms in total. The van der Waals surface area contributed by atoms with Crippen LogP contribution in [0.5, 0.6) is 5.75 Å². The van der Waals surface area contributed by atoms with E-state index in [1.54, 1.807) is 18.5 Å². The summed E-state index contributed by atoms with van der Waals surface area (Å²) in [6.07, 6.45) is 6.87. The fraction of sp³-hybridized carbons (Fsp3) is 0.229. The topological polar surface area (TPSA) is 103 Å². The first kappa shape index (κ1) is 26.8. The summed E-state index contributed by atoms with van der Waals surface area (Å²) in [7, 11) is 0. The lowest BCUT2D eigenvalue weighted by Gasteiger charge is -2.28. The summed E-state index contributed by atoms with van der Waals surface area (Å²) in [5, 5.41) is 11.2. The number of aromatic nitrogens is 5. The molecule has 0 amide bonds. The minimum Gasteiger partial charge on any atom is -0.487 e. The molecule has 3 aromatic carbocycles. The Morgan fingerprint density at radius 1 is 0.860 bits per heavy atom. The molecule has 1 fully saturated rings. The van der Waals surface area contributed by atoms with Crippen molar-refractivity contribution in [2.24, 2.45) is 5.92 Å². The standard InChI is InChI=1S/C35H31N5O3/c41-35(42)29-8-3-2-7-28(29)34-39-31-20-27(43-22-26-15-14-24-6-1-4-9-30(24)38-26)16-17-32(31)40(34)21-23-10-12-25(13-11-23)33-36-18-5-19-37-33/h1,4-6,9-20,28-29H,2-3,7-8,21-22H2,(H,41,42)/t28-,29+/m0/s1. The Balaban J connectivity index is 1.20. The molecule has 0 aliphatic heterocycles. The van der Waals surface area contributed by atoms with Crippen molar-refractivity contribution >= 4 is 27.9 Å². The third kappa shape index (κ3) is 5.56. The normalized spacial score (nSPS) is 16.8. The third-order valence-electron chi connectivity index (χ3n) is 8.33. The van der Waals surface area contributed by atoms with Crippen molar-refractivity contribution in [3.63, 3.8) is 0 Å². The molecule has 6 aromatic rings. The van der Waals surface area contributed by atoms with E-state index in [-0.39, 0.29) is 5.92 Å². The van der Waals surface area contributed by atoms with Gasteiger partial charge in [0.05, 0.1) is 28.2 Å². The highest BCUT2D eigenvalue weighted by atomic mass is 16.5. The molecular formula is C35H31N5O3. The number of hydrogen-bond acceptors (Lipinski definition) is 6. The van der Waals surface area contributed by atoms with E-state index in [1.165, 1.54) is 0 Å². The maximum atomic E-state index is 12.3. The van der Waals surface area contributed by atoms with Gasteiger partial charge in [0, 0.05) is 41.9 Å². The molecule has 1 aliphatic carbocycles. The minimum atomic E-state index is -0.748. The largest absolute Gasteiger partial charge is 0.487 e. The number of pyridine rings is 1. The third-order valence-corrected chi connectivity index (χ3v) is 8.33. The lowest BCUT2D eigenvalue weighted by atomic mass is 9.78. The number of carboxylic acids is 1. The van der Waals surface area contributed by atoms with Gasteiger partial charge in [-0.25, -0.2) is 19.9 Å². The second kappa shape index (κ2) is 11.6. The van der Waals surface area contributed by atoms with Gasteiger partial charge in [-0.05, 0) is 48.7 Å². The van der Waals surface area contributed by atoms with Crippen molar-refractivity contribution < 1.29 is 14.6 Å². The average molecular weight is 570 g/mol. The van der Waals surface area contributed by atoms with E-state index >= 15 is 0 Å². The van der Waals surface area contributed by atoms with E-state index in [0.29, 0.717) is 31.1 Å². The highest BCUT2D eigenvalue weighted by Crippen LogP contribution is 2.39. The van der Waals surface area contributed by atoms with Crippen LogP contribution in [0.3, 0.4) is 0 Å². The Hall–Kier alpha value is -5.11. The molecule has 1 aliphatic rings. The Morgan fingerprint density at radius 2 is 1.67 bits per heavy atom. The van der Waals surface area contributed by atoms with Crippen LogP contribution in [0.1, 0.15) is 48.7 Å². The van der Waals surface area contributed by atoms with Crippen LogP contribution in [0.2, 0.25) is 0 Å². The van der Waals surface area contributed by atoms with Crippen LogP contribution in [-0.2, 0) is 17.9 Å². The van der Waals surface area contributed by atoms with Crippen LogP contribution in [0, 0.1) is 5.92 Å². The van der Waals surface area contributed by atoms with E-state index in [2.05, 4.69) is 32.7 Å². The molecule has 214 valence electrons. The number of benzene rings is 3. The van der Waals surface area contributed by atoms with Gasteiger partial charge in [0.2, 0.25) is 0 Å². The number of hydrogen-bond donors (Lipinski definition) is 1. The fourth-order valence-corrected chi connectivity index (χ4v) is 6.14. The van der Waals surface area contributed by atoms with Gasteiger partial charge in [0.1, 0.15) is 18.2 Å². The van der Waals surface area contributed by atoms with Gasteiger partial charge in [-0.15, -0.1) is 0 Å². The van der Waals surface area contributed by atoms with Crippen molar-refractivity contribution in [2.75, 3.05) is 0 Å². The van der Waals surface area contributed by atoms with Crippen molar-refractivity contribution in [3.05, 3.63) is 114 Å². The molecule has 3 heterocycles. The first-order valence-corrected chi connectivity index (χ1v) is 14.7. The number of carboxylic acid groups (broad SMARTS) is 1. The Morgan fingerprint density at radius 3 is 2.51 bits per heavy atom. The SMILES string of the molecule is O=C(O)[C@@H]1CCCC[C@@H]1c1nc2cc(OCc3ccc4ccccc4n3)ccc2n1Cc1ccc(-c2ncccn2)cc1. The van der Waals surface area contributed by atoms with Crippen molar-refractivity contribution in [2.45, 2.75) is 44.8 Å². The number of fused-ring (bicyclic) bond motifs is 2. The summed E-state index contributed by atoms with van der Waals surface area (Å²) in [5.41, 5.74) is 5.57. The van der Waals surface area contributed by atoms with Gasteiger partial charge in [0.15, 0.2) is 5.82 Å². The fourth-order valence-electron chi connectivity index (χ4n) is 6.14. The predicted molar refractivity (Wildman–Crippen MR) is 165 cm³/mol. The van der Waals surface area contributed by atoms with Crippen LogP contribution in [0.25, 0.3) is 33.3 Å². The molecule has 0 spiro atoms. The van der Waals surface area contributed by atoms with E-state index in [9.17, 15) is 9.90 Å². The smallest absolute Gasteiger partial charge is 0.307 e. The average Bonchev–Trinajstić information content (AvgIpc) is 3.41. The van der Waals surface area contributed by atoms with Gasteiger partial charge in [0.25, 0.3) is 0 Å². The lowest BCUT2D eigenvalue weighted by molar-refractivity contribution is -0.143. The lowest BCUT2D eigenvalue weighted by Crippen LogP contribution is -2.27. The second-order valence-electron chi connectivity index (χ2n) is 11.1. The van der Waals surface area contributed by atoms with Crippen LogP contribution in [0.4, 0.5) is 0 Å². The molecule has 2 atom stereocenters. The van der Waals surface area contributed by atoms with E-state index in [1.807, 2.05) is 60.7 Å². The molecule has 0 unspecified atom stereocenters. The van der Waals surface area contributed by atoms with Crippen molar-refractivity contribution in [3.8, 4) is 17.1 Å². The highest BCUT2D eigenvalue weighted by molar-refractivity contribution is 5.79. The number of rotatable bonds is 8. The molecule has 1 saturated carbocycles. The van der Waals surface area contributed by atoms with Crippen LogP contribution < -0.4 is 4.74 Å². The van der Waals surface area contributed by atoms with E-state index < -0.39 is 11.9 Å². The molecule has 7 rings (SSSR count). The van der Waals surface area contributed by atoms with Gasteiger partial charge >= 0.3 is 5.97 Å². The summed E-state index contributed by atoms with van der Waals surface area (Å²) in [6.45, 7) is 0.914. The Bertz CT molecular complexity index is 1900. The zero-order chi connectivity index (χ0) is 29.2. The number of carbonyl (C=O) groups is 1. The Kier molecular flexibility index (Phi) is 7.25. The van der Waals surface area contributed by atoms with E-state index in [4.69, 9.17) is 14.7 Å². The maximum Gasteiger partial charge on any atom is 0.307 e. The molecule has 1 N–H and O–H groups in total. The molecule has 3 aromatic heterocycles. The van der Waals surface area contributed by atoms with Gasteiger partial charge in [-0.3, -0.25) is 4.79 Å². The zero-order valence-electron chi connectivity index (χ0n) is 23.6. The van der Waals surface area contributed by atoms with E-state index in [0.717, 1.165) is 63.8 Å². The monoisotopic (exact) mass is 569 g/mol. The molecule has 0 bridgehead atoms. The van der Waals surface area contributed by atoms with Crippen LogP contribution in [0.15, 0.2) is 97.3 Å². The molecule has 8 heteroatoms. The summed E-state index contributed by atoms with van der Waals surface area (Å²) in [4.78, 5) is 30.8. The summed E-state index contributed by atoms with van der Waals surface area (Å²) >= 11 is 0. The number of aliphatic carboxylic acids is 1. The minimum absolute atomic E-state index is 0.151. The molecule has 0 radical (unpaired) electrons. The maximum absolute atomic E-state index is 12.3. The number of para-hydroxylation sites is 1. The summed E-state index contributed by atoms with van der Waals surface area (Å²) in [6, 6.07) is 28.0. The molecule has 43 heavy (non-hydrogen) atoms. The zero-order valence-corrected chi connectivity index (χ0v) is 23.6. The Labute approximate surface area is 249 Å². The number of imidazole rings is 1. The van der Waals surface area contributed by atoms with Gasteiger partial charge in [-0.2, -0.15) is 0 Å².